The summed E-state index contributed by atoms with van der Waals surface area (Å²) in [4.78, 5) is 23.7. The topological polar surface area (TPSA) is 89.5 Å². The molecule has 3 rings (SSSR count). The first kappa shape index (κ1) is 32.0. The number of nitro groups is 2. The SMILES string of the molecule is CCCCCCCCCCCCCCCCCCN1C=CC(=Cc2ccc([N+](=O)[O-])cc2[N+](=O)[O-])c2ccccc21. The molecular weight excluding hydrogens is 514 g/mol. The van der Waals surface area contributed by atoms with Crippen LogP contribution in [-0.2, 0) is 0 Å². The average molecular weight is 562 g/mol. The van der Waals surface area contributed by atoms with E-state index in [0.29, 0.717) is 5.56 Å². The lowest BCUT2D eigenvalue weighted by Crippen LogP contribution is -2.21. The normalized spacial score (nSPS) is 13.5. The van der Waals surface area contributed by atoms with Gasteiger partial charge in [-0.15, -0.1) is 0 Å². The number of anilines is 1. The van der Waals surface area contributed by atoms with Crippen molar-refractivity contribution in [3.8, 4) is 0 Å². The van der Waals surface area contributed by atoms with Crippen molar-refractivity contribution in [2.24, 2.45) is 0 Å². The fourth-order valence-corrected chi connectivity index (χ4v) is 5.55. The van der Waals surface area contributed by atoms with Gasteiger partial charge < -0.3 is 4.90 Å². The second-order valence-electron chi connectivity index (χ2n) is 11.2. The lowest BCUT2D eigenvalue weighted by Gasteiger charge is -2.27. The van der Waals surface area contributed by atoms with Gasteiger partial charge in [-0.25, -0.2) is 0 Å². The largest absolute Gasteiger partial charge is 0.347 e. The first-order chi connectivity index (χ1) is 20.0. The summed E-state index contributed by atoms with van der Waals surface area (Å²) >= 11 is 0. The molecule has 2 aromatic carbocycles. The Kier molecular flexibility index (Phi) is 14.1. The minimum Gasteiger partial charge on any atom is -0.347 e. The molecule has 1 heterocycles. The van der Waals surface area contributed by atoms with Crippen LogP contribution in [0.3, 0.4) is 0 Å². The number of allylic oxidation sites excluding steroid dienone is 2. The quantitative estimate of drug-likeness (QED) is 0.0911. The molecular formula is C34H47N3O4. The summed E-state index contributed by atoms with van der Waals surface area (Å²) in [5, 5.41) is 22.7. The Balaban J connectivity index is 1.39. The molecule has 0 spiro atoms. The highest BCUT2D eigenvalue weighted by molar-refractivity contribution is 5.95. The molecule has 2 aromatic rings. The van der Waals surface area contributed by atoms with E-state index in [2.05, 4.69) is 17.9 Å². The van der Waals surface area contributed by atoms with E-state index in [1.54, 1.807) is 6.08 Å². The van der Waals surface area contributed by atoms with Gasteiger partial charge in [0, 0.05) is 30.1 Å². The molecule has 0 N–H and O–H groups in total. The molecule has 222 valence electrons. The molecule has 0 atom stereocenters. The highest BCUT2D eigenvalue weighted by Gasteiger charge is 2.21. The van der Waals surface area contributed by atoms with E-state index in [1.807, 2.05) is 30.5 Å². The third kappa shape index (κ3) is 10.8. The van der Waals surface area contributed by atoms with Crippen LogP contribution in [0.1, 0.15) is 121 Å². The molecule has 0 unspecified atom stereocenters. The van der Waals surface area contributed by atoms with E-state index in [9.17, 15) is 20.2 Å². The average Bonchev–Trinajstić information content (AvgIpc) is 2.97. The molecule has 7 nitrogen and oxygen atoms in total. The molecule has 1 aliphatic rings. The Morgan fingerprint density at radius 1 is 0.707 bits per heavy atom. The number of non-ortho nitro benzene ring substituents is 1. The van der Waals surface area contributed by atoms with Crippen molar-refractivity contribution in [2.45, 2.75) is 110 Å². The van der Waals surface area contributed by atoms with Gasteiger partial charge in [-0.1, -0.05) is 121 Å². The van der Waals surface area contributed by atoms with Crippen molar-refractivity contribution in [3.63, 3.8) is 0 Å². The number of fused-ring (bicyclic) bond motifs is 1. The fraction of sp³-hybridized carbons (Fsp3) is 0.529. The smallest absolute Gasteiger partial charge is 0.283 e. The number of hydrogen-bond acceptors (Lipinski definition) is 5. The van der Waals surface area contributed by atoms with Crippen LogP contribution in [0.2, 0.25) is 0 Å². The van der Waals surface area contributed by atoms with Crippen molar-refractivity contribution in [1.29, 1.82) is 0 Å². The van der Waals surface area contributed by atoms with Gasteiger partial charge in [0.1, 0.15) is 0 Å². The summed E-state index contributed by atoms with van der Waals surface area (Å²) in [5.74, 6) is 0. The monoisotopic (exact) mass is 561 g/mol. The zero-order valence-electron chi connectivity index (χ0n) is 24.8. The Hall–Kier alpha value is -3.48. The fourth-order valence-electron chi connectivity index (χ4n) is 5.55. The van der Waals surface area contributed by atoms with Crippen LogP contribution in [0.5, 0.6) is 0 Å². The summed E-state index contributed by atoms with van der Waals surface area (Å²) in [6.45, 7) is 3.20. The van der Waals surface area contributed by atoms with Crippen LogP contribution in [-0.4, -0.2) is 16.4 Å². The van der Waals surface area contributed by atoms with E-state index in [-0.39, 0.29) is 11.4 Å². The second kappa shape index (κ2) is 18.1. The van der Waals surface area contributed by atoms with Crippen molar-refractivity contribution < 1.29 is 9.85 Å². The zero-order valence-corrected chi connectivity index (χ0v) is 24.8. The first-order valence-corrected chi connectivity index (χ1v) is 15.7. The van der Waals surface area contributed by atoms with Crippen molar-refractivity contribution in [2.75, 3.05) is 11.4 Å². The van der Waals surface area contributed by atoms with E-state index in [0.717, 1.165) is 35.9 Å². The van der Waals surface area contributed by atoms with E-state index >= 15 is 0 Å². The number of benzene rings is 2. The van der Waals surface area contributed by atoms with Crippen LogP contribution < -0.4 is 4.90 Å². The van der Waals surface area contributed by atoms with Crippen LogP contribution in [0, 0.1) is 20.2 Å². The van der Waals surface area contributed by atoms with Crippen molar-refractivity contribution >= 4 is 28.7 Å². The standard InChI is InChI=1S/C34H47N3O4/c1-2-3-4-5-6-7-8-9-10-11-12-13-14-15-16-19-25-35-26-24-29(32-20-17-18-21-33(32)35)27-30-22-23-31(36(38)39)28-34(30)37(40)41/h17-18,20-24,26-28H,2-16,19,25H2,1H3. The van der Waals surface area contributed by atoms with E-state index < -0.39 is 9.85 Å². The number of unbranched alkanes of at least 4 members (excludes halogenated alkanes) is 15. The lowest BCUT2D eigenvalue weighted by atomic mass is 9.97. The zero-order chi connectivity index (χ0) is 29.3. The molecule has 0 saturated heterocycles. The van der Waals surface area contributed by atoms with Crippen LogP contribution in [0.15, 0.2) is 54.7 Å². The van der Waals surface area contributed by atoms with E-state index in [4.69, 9.17) is 0 Å². The number of para-hydroxylation sites is 1. The molecule has 0 saturated carbocycles. The highest BCUT2D eigenvalue weighted by Crippen LogP contribution is 2.36. The van der Waals surface area contributed by atoms with Gasteiger partial charge in [-0.2, -0.15) is 0 Å². The predicted octanol–water partition coefficient (Wildman–Crippen LogP) is 10.6. The minimum atomic E-state index is -0.615. The maximum absolute atomic E-state index is 11.6. The molecule has 0 aliphatic carbocycles. The molecule has 41 heavy (non-hydrogen) atoms. The minimum absolute atomic E-state index is 0.270. The molecule has 0 aromatic heterocycles. The molecule has 0 fully saturated rings. The number of hydrogen-bond donors (Lipinski definition) is 0. The van der Waals surface area contributed by atoms with E-state index in [1.165, 1.54) is 108 Å². The third-order valence-corrected chi connectivity index (χ3v) is 7.94. The van der Waals surface area contributed by atoms with Crippen molar-refractivity contribution in [1.82, 2.24) is 0 Å². The lowest BCUT2D eigenvalue weighted by molar-refractivity contribution is -0.394. The van der Waals surface area contributed by atoms with Crippen molar-refractivity contribution in [3.05, 3.63) is 86.1 Å². The highest BCUT2D eigenvalue weighted by atomic mass is 16.6. The number of rotatable bonds is 20. The van der Waals surface area contributed by atoms with Crippen LogP contribution in [0.25, 0.3) is 11.6 Å². The predicted molar refractivity (Wildman–Crippen MR) is 170 cm³/mol. The van der Waals surface area contributed by atoms with Crippen LogP contribution >= 0.6 is 0 Å². The molecule has 7 heteroatoms. The molecule has 1 aliphatic heterocycles. The Labute approximate surface area is 245 Å². The third-order valence-electron chi connectivity index (χ3n) is 7.94. The van der Waals surface area contributed by atoms with Gasteiger partial charge in [0.25, 0.3) is 11.4 Å². The Morgan fingerprint density at radius 3 is 1.83 bits per heavy atom. The molecule has 0 radical (unpaired) electrons. The summed E-state index contributed by atoms with van der Waals surface area (Å²) in [6.07, 6.45) is 27.3. The van der Waals surface area contributed by atoms with Gasteiger partial charge in [-0.05, 0) is 36.3 Å². The molecule has 0 amide bonds. The Morgan fingerprint density at radius 2 is 1.27 bits per heavy atom. The van der Waals surface area contributed by atoms with Crippen LogP contribution in [0.4, 0.5) is 17.1 Å². The maximum Gasteiger partial charge on any atom is 0.283 e. The number of nitrogens with zero attached hydrogens (tertiary/aromatic N) is 3. The summed E-state index contributed by atoms with van der Waals surface area (Å²) in [5.41, 5.74) is 2.71. The van der Waals surface area contributed by atoms with Gasteiger partial charge in [-0.3, -0.25) is 20.2 Å². The molecule has 0 bridgehead atoms. The Bertz CT molecular complexity index is 1170. The summed E-state index contributed by atoms with van der Waals surface area (Å²) in [7, 11) is 0. The van der Waals surface area contributed by atoms with Gasteiger partial charge in [0.15, 0.2) is 0 Å². The summed E-state index contributed by atoms with van der Waals surface area (Å²) < 4.78 is 0. The van der Waals surface area contributed by atoms with Gasteiger partial charge >= 0.3 is 0 Å². The van der Waals surface area contributed by atoms with Gasteiger partial charge in [0.05, 0.1) is 21.5 Å². The summed E-state index contributed by atoms with van der Waals surface area (Å²) in [6, 6.07) is 11.8. The second-order valence-corrected chi connectivity index (χ2v) is 11.2. The first-order valence-electron chi connectivity index (χ1n) is 15.7. The maximum atomic E-state index is 11.6. The number of nitro benzene ring substituents is 2. The van der Waals surface area contributed by atoms with Gasteiger partial charge in [0.2, 0.25) is 0 Å².